The van der Waals surface area contributed by atoms with Gasteiger partial charge < -0.3 is 4.57 Å². The van der Waals surface area contributed by atoms with Gasteiger partial charge in [0.15, 0.2) is 4.77 Å². The highest BCUT2D eigenvalue weighted by atomic mass is 32.1. The number of alkyl halides is 2. The molecule has 2 rings (SSSR count). The van der Waals surface area contributed by atoms with Gasteiger partial charge in [-0.05, 0) is 18.1 Å². The summed E-state index contributed by atoms with van der Waals surface area (Å²) in [5.41, 5.74) is 0. The average Bonchev–Trinajstić information content (AvgIpc) is 2.33. The van der Waals surface area contributed by atoms with Gasteiger partial charge in [-0.3, -0.25) is 5.10 Å². The Balaban J connectivity index is 1.95. The molecule has 0 saturated heterocycles. The maximum Gasteiger partial charge on any atom is 0.248 e. The van der Waals surface area contributed by atoms with Gasteiger partial charge in [0.25, 0.3) is 0 Å². The van der Waals surface area contributed by atoms with Crippen molar-refractivity contribution in [2.24, 2.45) is 5.92 Å². The smallest absolute Gasteiger partial charge is 0.248 e. The number of aromatic nitrogens is 3. The summed E-state index contributed by atoms with van der Waals surface area (Å²) < 4.78 is 27.1. The van der Waals surface area contributed by atoms with E-state index in [4.69, 9.17) is 12.2 Å². The molecule has 13 heavy (non-hydrogen) atoms. The van der Waals surface area contributed by atoms with E-state index in [1.807, 2.05) is 0 Å². The van der Waals surface area contributed by atoms with Crippen LogP contribution >= 0.6 is 12.2 Å². The molecule has 1 fully saturated rings. The topological polar surface area (TPSA) is 33.6 Å². The van der Waals surface area contributed by atoms with Crippen molar-refractivity contribution in [3.8, 4) is 0 Å². The Morgan fingerprint density at radius 1 is 1.69 bits per heavy atom. The first-order valence-corrected chi connectivity index (χ1v) is 4.45. The predicted molar refractivity (Wildman–Crippen MR) is 45.1 cm³/mol. The van der Waals surface area contributed by atoms with E-state index in [0.29, 0.717) is 11.3 Å². The van der Waals surface area contributed by atoms with E-state index in [-0.39, 0.29) is 18.8 Å². The molecule has 0 unspecified atom stereocenters. The van der Waals surface area contributed by atoms with Crippen molar-refractivity contribution in [1.82, 2.24) is 14.8 Å². The highest BCUT2D eigenvalue weighted by Crippen LogP contribution is 2.42. The molecule has 0 spiro atoms. The Morgan fingerprint density at radius 3 is 2.85 bits per heavy atom. The van der Waals surface area contributed by atoms with Crippen LogP contribution < -0.4 is 0 Å². The first kappa shape index (κ1) is 8.80. The fraction of sp³-hybridized carbons (Fsp3) is 0.714. The molecule has 3 nitrogen and oxygen atoms in total. The van der Waals surface area contributed by atoms with E-state index in [9.17, 15) is 8.78 Å². The van der Waals surface area contributed by atoms with E-state index < -0.39 is 5.92 Å². The monoisotopic (exact) mass is 205 g/mol. The maximum absolute atomic E-state index is 12.5. The molecule has 1 heterocycles. The standard InChI is InChI=1S/C7H9F2N3S/c8-7(9)1-5(2-7)3-12-4-10-11-6(12)13/h4-5H,1-3H2,(H,11,13). The summed E-state index contributed by atoms with van der Waals surface area (Å²) in [4.78, 5) is 0. The Morgan fingerprint density at radius 2 is 2.38 bits per heavy atom. The van der Waals surface area contributed by atoms with Gasteiger partial charge in [0.1, 0.15) is 6.33 Å². The molecule has 1 aliphatic rings. The number of aromatic amines is 1. The van der Waals surface area contributed by atoms with Crippen molar-refractivity contribution in [2.75, 3.05) is 0 Å². The fourth-order valence-electron chi connectivity index (χ4n) is 1.59. The molecule has 0 atom stereocenters. The second-order valence-corrected chi connectivity index (χ2v) is 3.83. The largest absolute Gasteiger partial charge is 0.306 e. The third kappa shape index (κ3) is 1.77. The summed E-state index contributed by atoms with van der Waals surface area (Å²) in [7, 11) is 0. The molecule has 72 valence electrons. The normalized spacial score (nSPS) is 21.4. The quantitative estimate of drug-likeness (QED) is 0.749. The third-order valence-electron chi connectivity index (χ3n) is 2.25. The highest BCUT2D eigenvalue weighted by Gasteiger charge is 2.45. The van der Waals surface area contributed by atoms with Gasteiger partial charge in [-0.2, -0.15) is 5.10 Å². The first-order chi connectivity index (χ1) is 6.07. The lowest BCUT2D eigenvalue weighted by Gasteiger charge is -2.34. The van der Waals surface area contributed by atoms with Crippen LogP contribution in [0.1, 0.15) is 12.8 Å². The number of nitrogens with zero attached hydrogens (tertiary/aromatic N) is 2. The Bertz CT molecular complexity index is 349. The van der Waals surface area contributed by atoms with Gasteiger partial charge in [-0.15, -0.1) is 0 Å². The van der Waals surface area contributed by atoms with E-state index in [0.717, 1.165) is 0 Å². The van der Waals surface area contributed by atoms with Gasteiger partial charge >= 0.3 is 0 Å². The first-order valence-electron chi connectivity index (χ1n) is 4.04. The van der Waals surface area contributed by atoms with Crippen LogP contribution in [0.4, 0.5) is 8.78 Å². The fourth-order valence-corrected chi connectivity index (χ4v) is 1.77. The zero-order valence-corrected chi connectivity index (χ0v) is 7.65. The van der Waals surface area contributed by atoms with E-state index in [2.05, 4.69) is 10.2 Å². The lowest BCUT2D eigenvalue weighted by molar-refractivity contribution is -0.114. The minimum Gasteiger partial charge on any atom is -0.306 e. The van der Waals surface area contributed by atoms with Crippen LogP contribution in [0, 0.1) is 10.7 Å². The Kier molecular flexibility index (Phi) is 1.94. The molecule has 0 aliphatic heterocycles. The number of hydrogen-bond donors (Lipinski definition) is 1. The molecular formula is C7H9F2N3S. The Labute approximate surface area is 78.8 Å². The van der Waals surface area contributed by atoms with Crippen molar-refractivity contribution >= 4 is 12.2 Å². The molecule has 0 bridgehead atoms. The van der Waals surface area contributed by atoms with Crippen molar-refractivity contribution in [2.45, 2.75) is 25.3 Å². The highest BCUT2D eigenvalue weighted by molar-refractivity contribution is 7.71. The molecule has 1 N–H and O–H groups in total. The summed E-state index contributed by atoms with van der Waals surface area (Å²) in [6, 6.07) is 0. The minimum atomic E-state index is -2.45. The van der Waals surface area contributed by atoms with Crippen LogP contribution in [0.15, 0.2) is 6.33 Å². The van der Waals surface area contributed by atoms with Crippen molar-refractivity contribution in [3.63, 3.8) is 0 Å². The second-order valence-electron chi connectivity index (χ2n) is 3.44. The van der Waals surface area contributed by atoms with Gasteiger partial charge in [0.2, 0.25) is 5.92 Å². The maximum atomic E-state index is 12.5. The van der Waals surface area contributed by atoms with E-state index >= 15 is 0 Å². The van der Waals surface area contributed by atoms with Crippen molar-refractivity contribution in [3.05, 3.63) is 11.1 Å². The lowest BCUT2D eigenvalue weighted by Crippen LogP contribution is -2.37. The van der Waals surface area contributed by atoms with E-state index in [1.54, 1.807) is 10.9 Å². The number of hydrogen-bond acceptors (Lipinski definition) is 2. The molecule has 6 heteroatoms. The van der Waals surface area contributed by atoms with Crippen molar-refractivity contribution < 1.29 is 8.78 Å². The zero-order chi connectivity index (χ0) is 9.47. The predicted octanol–water partition coefficient (Wildman–Crippen LogP) is 1.99. The molecule has 0 aromatic carbocycles. The van der Waals surface area contributed by atoms with Gasteiger partial charge in [0.05, 0.1) is 0 Å². The number of halogens is 2. The molecular weight excluding hydrogens is 196 g/mol. The zero-order valence-electron chi connectivity index (χ0n) is 6.83. The lowest BCUT2D eigenvalue weighted by atomic mass is 9.81. The van der Waals surface area contributed by atoms with Gasteiger partial charge in [0, 0.05) is 19.4 Å². The molecule has 1 aromatic rings. The van der Waals surface area contributed by atoms with Crippen molar-refractivity contribution in [1.29, 1.82) is 0 Å². The van der Waals surface area contributed by atoms with Gasteiger partial charge in [-0.1, -0.05) is 0 Å². The molecule has 1 aromatic heterocycles. The summed E-state index contributed by atoms with van der Waals surface area (Å²) in [5.74, 6) is -2.41. The van der Waals surface area contributed by atoms with E-state index in [1.165, 1.54) is 0 Å². The average molecular weight is 205 g/mol. The SMILES string of the molecule is FC1(F)CC(Cn2cn[nH]c2=S)C1. The molecule has 1 aliphatic carbocycles. The molecule has 1 saturated carbocycles. The number of nitrogens with one attached hydrogen (secondary N) is 1. The van der Waals surface area contributed by atoms with Crippen LogP contribution in [-0.4, -0.2) is 20.7 Å². The summed E-state index contributed by atoms with van der Waals surface area (Å²) in [5, 5.41) is 6.30. The van der Waals surface area contributed by atoms with Crippen LogP contribution in [0.25, 0.3) is 0 Å². The van der Waals surface area contributed by atoms with Crippen LogP contribution in [0.5, 0.6) is 0 Å². The Hall–Kier alpha value is -0.780. The molecule has 0 amide bonds. The summed E-state index contributed by atoms with van der Waals surface area (Å²) in [6.45, 7) is 0.547. The summed E-state index contributed by atoms with van der Waals surface area (Å²) in [6.07, 6.45) is 1.48. The summed E-state index contributed by atoms with van der Waals surface area (Å²) >= 11 is 4.89. The third-order valence-corrected chi connectivity index (χ3v) is 2.57. The van der Waals surface area contributed by atoms with Gasteiger partial charge in [-0.25, -0.2) is 8.78 Å². The van der Waals surface area contributed by atoms with Crippen LogP contribution in [-0.2, 0) is 6.54 Å². The van der Waals surface area contributed by atoms with Crippen LogP contribution in [0.3, 0.4) is 0 Å². The second kappa shape index (κ2) is 2.87. The molecule has 0 radical (unpaired) electrons. The number of rotatable bonds is 2. The number of H-pyrrole nitrogens is 1. The van der Waals surface area contributed by atoms with Crippen LogP contribution in [0.2, 0.25) is 0 Å². The minimum absolute atomic E-state index is 0.0278.